The standard InChI is InChI=1S/C12H15BrN2O/c1-8(14)3-2-4-12-15-10-7-9(13)5-6-11(10)16-12/h5-8H,2-4,14H2,1H3. The molecular formula is C12H15BrN2O. The van der Waals surface area contributed by atoms with Crippen LogP contribution in [0, 0.1) is 0 Å². The highest BCUT2D eigenvalue weighted by Crippen LogP contribution is 2.21. The summed E-state index contributed by atoms with van der Waals surface area (Å²) in [6, 6.07) is 6.10. The molecule has 0 fully saturated rings. The largest absolute Gasteiger partial charge is 0.441 e. The number of halogens is 1. The van der Waals surface area contributed by atoms with Crippen molar-refractivity contribution in [2.75, 3.05) is 0 Å². The minimum Gasteiger partial charge on any atom is -0.441 e. The van der Waals surface area contributed by atoms with E-state index >= 15 is 0 Å². The topological polar surface area (TPSA) is 52.0 Å². The molecule has 0 aliphatic rings. The Hall–Kier alpha value is -0.870. The third kappa shape index (κ3) is 2.83. The third-order valence-corrected chi connectivity index (χ3v) is 2.94. The van der Waals surface area contributed by atoms with Gasteiger partial charge in [-0.3, -0.25) is 0 Å². The van der Waals surface area contributed by atoms with Gasteiger partial charge >= 0.3 is 0 Å². The molecule has 1 unspecified atom stereocenters. The Morgan fingerprint density at radius 3 is 3.06 bits per heavy atom. The van der Waals surface area contributed by atoms with Gasteiger partial charge in [0.15, 0.2) is 11.5 Å². The summed E-state index contributed by atoms with van der Waals surface area (Å²) in [4.78, 5) is 4.43. The second-order valence-electron chi connectivity index (χ2n) is 4.09. The van der Waals surface area contributed by atoms with Crippen molar-refractivity contribution in [3.05, 3.63) is 28.6 Å². The molecule has 2 aromatic rings. The quantitative estimate of drug-likeness (QED) is 0.937. The van der Waals surface area contributed by atoms with E-state index in [1.165, 1.54) is 0 Å². The van der Waals surface area contributed by atoms with Crippen molar-refractivity contribution in [1.82, 2.24) is 4.98 Å². The number of fused-ring (bicyclic) bond motifs is 1. The molecule has 0 aliphatic carbocycles. The first kappa shape index (κ1) is 11.6. The van der Waals surface area contributed by atoms with Gasteiger partial charge in [0.1, 0.15) is 5.52 Å². The first-order chi connectivity index (χ1) is 7.65. The summed E-state index contributed by atoms with van der Waals surface area (Å²) < 4.78 is 6.66. The van der Waals surface area contributed by atoms with E-state index < -0.39 is 0 Å². The van der Waals surface area contributed by atoms with Crippen LogP contribution in [0.1, 0.15) is 25.7 Å². The number of nitrogens with zero attached hydrogens (tertiary/aromatic N) is 1. The smallest absolute Gasteiger partial charge is 0.195 e. The van der Waals surface area contributed by atoms with Crippen LogP contribution >= 0.6 is 15.9 Å². The zero-order valence-corrected chi connectivity index (χ0v) is 10.8. The number of hydrogen-bond acceptors (Lipinski definition) is 3. The summed E-state index contributed by atoms with van der Waals surface area (Å²) in [5.74, 6) is 0.800. The van der Waals surface area contributed by atoms with Crippen molar-refractivity contribution in [3.8, 4) is 0 Å². The van der Waals surface area contributed by atoms with Crippen LogP contribution in [-0.2, 0) is 6.42 Å². The minimum absolute atomic E-state index is 0.249. The van der Waals surface area contributed by atoms with Crippen molar-refractivity contribution < 1.29 is 4.42 Å². The third-order valence-electron chi connectivity index (χ3n) is 2.44. The lowest BCUT2D eigenvalue weighted by Gasteiger charge is -2.01. The molecule has 0 spiro atoms. The number of aromatic nitrogens is 1. The monoisotopic (exact) mass is 282 g/mol. The average molecular weight is 283 g/mol. The average Bonchev–Trinajstić information content (AvgIpc) is 2.58. The Kier molecular flexibility index (Phi) is 3.61. The molecule has 1 atom stereocenters. The molecule has 1 aromatic carbocycles. The Morgan fingerprint density at radius 1 is 1.50 bits per heavy atom. The van der Waals surface area contributed by atoms with Crippen molar-refractivity contribution in [2.24, 2.45) is 5.73 Å². The Morgan fingerprint density at radius 2 is 2.31 bits per heavy atom. The van der Waals surface area contributed by atoms with Crippen LogP contribution in [-0.4, -0.2) is 11.0 Å². The van der Waals surface area contributed by atoms with E-state index in [9.17, 15) is 0 Å². The molecule has 2 rings (SSSR count). The van der Waals surface area contributed by atoms with Crippen molar-refractivity contribution in [2.45, 2.75) is 32.2 Å². The molecule has 86 valence electrons. The highest BCUT2D eigenvalue weighted by atomic mass is 79.9. The Bertz CT molecular complexity index is 479. The van der Waals surface area contributed by atoms with Crippen LogP contribution in [0.2, 0.25) is 0 Å². The summed E-state index contributed by atoms with van der Waals surface area (Å²) in [6.45, 7) is 2.02. The van der Waals surface area contributed by atoms with Gasteiger partial charge < -0.3 is 10.2 Å². The summed E-state index contributed by atoms with van der Waals surface area (Å²) in [5, 5.41) is 0. The highest BCUT2D eigenvalue weighted by molar-refractivity contribution is 9.10. The fourth-order valence-corrected chi connectivity index (χ4v) is 1.98. The van der Waals surface area contributed by atoms with E-state index in [2.05, 4.69) is 20.9 Å². The van der Waals surface area contributed by atoms with Gasteiger partial charge in [-0.15, -0.1) is 0 Å². The maximum Gasteiger partial charge on any atom is 0.195 e. The van der Waals surface area contributed by atoms with Crippen LogP contribution in [0.5, 0.6) is 0 Å². The molecular weight excluding hydrogens is 268 g/mol. The second kappa shape index (κ2) is 4.97. The highest BCUT2D eigenvalue weighted by Gasteiger charge is 2.06. The van der Waals surface area contributed by atoms with Gasteiger partial charge in [0.2, 0.25) is 0 Å². The first-order valence-electron chi connectivity index (χ1n) is 5.45. The molecule has 16 heavy (non-hydrogen) atoms. The summed E-state index contributed by atoms with van der Waals surface area (Å²) >= 11 is 3.42. The van der Waals surface area contributed by atoms with Crippen LogP contribution in [0.25, 0.3) is 11.1 Å². The van der Waals surface area contributed by atoms with Gasteiger partial charge in [0.25, 0.3) is 0 Å². The molecule has 1 heterocycles. The van der Waals surface area contributed by atoms with Crippen LogP contribution in [0.3, 0.4) is 0 Å². The lowest BCUT2D eigenvalue weighted by atomic mass is 10.1. The maximum atomic E-state index is 5.69. The van der Waals surface area contributed by atoms with Crippen LogP contribution < -0.4 is 5.73 Å². The maximum absolute atomic E-state index is 5.69. The number of benzene rings is 1. The number of nitrogens with two attached hydrogens (primary N) is 1. The first-order valence-corrected chi connectivity index (χ1v) is 6.25. The zero-order chi connectivity index (χ0) is 11.5. The summed E-state index contributed by atoms with van der Waals surface area (Å²) in [7, 11) is 0. The molecule has 1 aromatic heterocycles. The molecule has 0 bridgehead atoms. The van der Waals surface area contributed by atoms with Crippen LogP contribution in [0.4, 0.5) is 0 Å². The van der Waals surface area contributed by atoms with E-state index in [1.54, 1.807) is 0 Å². The Labute approximate surface area is 103 Å². The minimum atomic E-state index is 0.249. The zero-order valence-electron chi connectivity index (χ0n) is 9.24. The van der Waals surface area contributed by atoms with E-state index in [4.69, 9.17) is 10.2 Å². The van der Waals surface area contributed by atoms with Gasteiger partial charge in [-0.05, 0) is 38.0 Å². The van der Waals surface area contributed by atoms with E-state index in [-0.39, 0.29) is 6.04 Å². The number of rotatable bonds is 4. The van der Waals surface area contributed by atoms with Crippen molar-refractivity contribution >= 4 is 27.0 Å². The van der Waals surface area contributed by atoms with E-state index in [0.717, 1.165) is 40.7 Å². The normalized spacial score (nSPS) is 13.2. The predicted molar refractivity (Wildman–Crippen MR) is 68.3 cm³/mol. The van der Waals surface area contributed by atoms with Gasteiger partial charge in [-0.2, -0.15) is 0 Å². The molecule has 4 heteroatoms. The lowest BCUT2D eigenvalue weighted by molar-refractivity contribution is 0.503. The number of aryl methyl sites for hydroxylation is 1. The fourth-order valence-electron chi connectivity index (χ4n) is 1.63. The molecule has 0 saturated carbocycles. The van der Waals surface area contributed by atoms with Crippen molar-refractivity contribution in [1.29, 1.82) is 0 Å². The summed E-state index contributed by atoms with van der Waals surface area (Å²) in [5.41, 5.74) is 7.45. The van der Waals surface area contributed by atoms with Gasteiger partial charge in [0, 0.05) is 16.9 Å². The molecule has 0 radical (unpaired) electrons. The molecule has 2 N–H and O–H groups in total. The fraction of sp³-hybridized carbons (Fsp3) is 0.417. The van der Waals surface area contributed by atoms with E-state index in [0.29, 0.717) is 0 Å². The van der Waals surface area contributed by atoms with Gasteiger partial charge in [-0.1, -0.05) is 15.9 Å². The van der Waals surface area contributed by atoms with Crippen LogP contribution in [0.15, 0.2) is 27.1 Å². The Balaban J connectivity index is 2.08. The van der Waals surface area contributed by atoms with Gasteiger partial charge in [0.05, 0.1) is 0 Å². The summed E-state index contributed by atoms with van der Waals surface area (Å²) in [6.07, 6.45) is 2.88. The van der Waals surface area contributed by atoms with Gasteiger partial charge in [-0.25, -0.2) is 4.98 Å². The molecule has 0 saturated heterocycles. The SMILES string of the molecule is CC(N)CCCc1nc2cc(Br)ccc2o1. The second-order valence-corrected chi connectivity index (χ2v) is 5.00. The van der Waals surface area contributed by atoms with E-state index in [1.807, 2.05) is 25.1 Å². The van der Waals surface area contributed by atoms with Crippen molar-refractivity contribution in [3.63, 3.8) is 0 Å². The molecule has 0 amide bonds. The molecule has 3 nitrogen and oxygen atoms in total. The lowest BCUT2D eigenvalue weighted by Crippen LogP contribution is -2.14. The number of hydrogen-bond donors (Lipinski definition) is 1. The molecule has 0 aliphatic heterocycles. The number of oxazole rings is 1. The predicted octanol–water partition coefficient (Wildman–Crippen LogP) is 3.26.